The molecule has 0 bridgehead atoms. The van der Waals surface area contributed by atoms with Crippen LogP contribution in [0, 0.1) is 11.3 Å². The number of aldehydes is 1. The fourth-order valence-corrected chi connectivity index (χ4v) is 6.00. The van der Waals surface area contributed by atoms with E-state index in [1.807, 2.05) is 27.7 Å². The summed E-state index contributed by atoms with van der Waals surface area (Å²) in [5.74, 6) is 0.0924. The molecule has 0 aromatic heterocycles. The van der Waals surface area contributed by atoms with Gasteiger partial charge in [-0.05, 0) is 111 Å². The van der Waals surface area contributed by atoms with E-state index in [0.29, 0.717) is 19.3 Å². The van der Waals surface area contributed by atoms with Crippen LogP contribution in [-0.4, -0.2) is 51.6 Å². The number of carbonyl (C=O) groups is 1. The number of aliphatic hydroxyl groups is 3. The molecule has 0 amide bonds. The molecule has 1 saturated carbocycles. The Morgan fingerprint density at radius 2 is 1.74 bits per heavy atom. The van der Waals surface area contributed by atoms with Crippen molar-refractivity contribution in [1.29, 1.82) is 0 Å². The summed E-state index contributed by atoms with van der Waals surface area (Å²) in [6, 6.07) is 0. The smallest absolute Gasteiger partial charge is 0.145 e. The quantitative estimate of drug-likeness (QED) is 0.131. The number of carbonyl (C=O) groups excluding carboxylic acids is 1. The molecular formula is C30H50O5. The molecule has 2 aliphatic rings. The monoisotopic (exact) mass is 490 g/mol. The molecule has 5 heteroatoms. The zero-order chi connectivity index (χ0) is 26.4. The molecule has 5 atom stereocenters. The number of aliphatic hydroxyl groups excluding tert-OH is 2. The summed E-state index contributed by atoms with van der Waals surface area (Å²) >= 11 is 0. The Labute approximate surface area is 213 Å². The highest BCUT2D eigenvalue weighted by atomic mass is 16.6. The molecule has 1 aliphatic heterocycles. The van der Waals surface area contributed by atoms with Gasteiger partial charge in [-0.15, -0.1) is 0 Å². The molecule has 0 radical (unpaired) electrons. The van der Waals surface area contributed by atoms with Crippen molar-refractivity contribution < 1.29 is 24.9 Å². The lowest BCUT2D eigenvalue weighted by Crippen LogP contribution is -2.52. The highest BCUT2D eigenvalue weighted by Gasteiger charge is 2.52. The van der Waals surface area contributed by atoms with Crippen LogP contribution in [0.3, 0.4) is 0 Å². The molecule has 35 heavy (non-hydrogen) atoms. The minimum absolute atomic E-state index is 0.0577. The summed E-state index contributed by atoms with van der Waals surface area (Å²) in [4.78, 5) is 11.6. The van der Waals surface area contributed by atoms with Crippen molar-refractivity contribution >= 4 is 6.29 Å². The van der Waals surface area contributed by atoms with Crippen LogP contribution >= 0.6 is 0 Å². The minimum Gasteiger partial charge on any atom is -0.396 e. The Balaban J connectivity index is 1.98. The fourth-order valence-electron chi connectivity index (χ4n) is 6.00. The predicted octanol–water partition coefficient (Wildman–Crippen LogP) is 5.82. The molecule has 0 unspecified atom stereocenters. The summed E-state index contributed by atoms with van der Waals surface area (Å²) in [7, 11) is 0. The van der Waals surface area contributed by atoms with Crippen LogP contribution in [0.15, 0.2) is 34.4 Å². The van der Waals surface area contributed by atoms with E-state index >= 15 is 0 Å². The van der Waals surface area contributed by atoms with Gasteiger partial charge >= 0.3 is 0 Å². The second kappa shape index (κ2) is 12.3. The number of epoxide rings is 1. The van der Waals surface area contributed by atoms with Crippen molar-refractivity contribution in [2.24, 2.45) is 11.3 Å². The maximum atomic E-state index is 11.6. The van der Waals surface area contributed by atoms with E-state index in [9.17, 15) is 20.1 Å². The lowest BCUT2D eigenvalue weighted by Gasteiger charge is -2.53. The molecule has 0 spiro atoms. The number of hydrogen-bond donors (Lipinski definition) is 3. The maximum Gasteiger partial charge on any atom is 0.145 e. The van der Waals surface area contributed by atoms with Gasteiger partial charge in [-0.25, -0.2) is 0 Å². The Kier molecular flexibility index (Phi) is 10.5. The molecule has 5 nitrogen and oxygen atoms in total. The van der Waals surface area contributed by atoms with E-state index in [-0.39, 0.29) is 29.6 Å². The number of ether oxygens (including phenoxy) is 1. The first kappa shape index (κ1) is 30.0. The SMILES string of the molecule is C/C(C=O)=C1\CC[C@](C)(O)[C@@](C)(CC/C=C(\C)CC/C=C(\C)C[C@H](O)[C@H]2OC2(C)C)[C@@H]1CCCO. The van der Waals surface area contributed by atoms with Crippen molar-refractivity contribution in [1.82, 2.24) is 0 Å². The van der Waals surface area contributed by atoms with Crippen LogP contribution in [0.5, 0.6) is 0 Å². The van der Waals surface area contributed by atoms with Crippen LogP contribution in [0.2, 0.25) is 0 Å². The highest BCUT2D eigenvalue weighted by Crippen LogP contribution is 2.55. The zero-order valence-electron chi connectivity index (χ0n) is 23.2. The van der Waals surface area contributed by atoms with Crippen LogP contribution in [0.4, 0.5) is 0 Å². The fraction of sp³-hybridized carbons (Fsp3) is 0.767. The normalized spacial score (nSPS) is 33.4. The highest BCUT2D eigenvalue weighted by molar-refractivity contribution is 5.74. The maximum absolute atomic E-state index is 11.6. The summed E-state index contributed by atoms with van der Waals surface area (Å²) in [5, 5.41) is 31.2. The van der Waals surface area contributed by atoms with Gasteiger partial charge in [0.15, 0.2) is 0 Å². The first-order valence-electron chi connectivity index (χ1n) is 13.4. The zero-order valence-corrected chi connectivity index (χ0v) is 23.2. The summed E-state index contributed by atoms with van der Waals surface area (Å²) in [5.41, 5.74) is 3.09. The van der Waals surface area contributed by atoms with Crippen LogP contribution in [0.1, 0.15) is 106 Å². The Morgan fingerprint density at radius 1 is 1.11 bits per heavy atom. The van der Waals surface area contributed by atoms with Crippen molar-refractivity contribution in [3.63, 3.8) is 0 Å². The Hall–Kier alpha value is -1.27. The van der Waals surface area contributed by atoms with Crippen LogP contribution in [-0.2, 0) is 9.53 Å². The third-order valence-corrected chi connectivity index (χ3v) is 8.76. The van der Waals surface area contributed by atoms with E-state index in [1.165, 1.54) is 11.1 Å². The standard InChI is InChI=1S/C30H50O5/c1-21(11-8-12-22(2)19-26(33)27-28(4,5)35-27)13-9-16-29(6)25(14-10-18-31)24(23(3)20-32)15-17-30(29,7)34/h12-13,20,25-27,31,33-34H,8-11,14-19H2,1-7H3/b21-13+,22-12+,24-23-/t25-,26+,27-,29+,30+/m1/s1. The Bertz CT molecular complexity index is 819. The van der Waals surface area contributed by atoms with Crippen molar-refractivity contribution in [3.05, 3.63) is 34.4 Å². The second-order valence-electron chi connectivity index (χ2n) is 12.0. The summed E-state index contributed by atoms with van der Waals surface area (Å²) in [6.07, 6.45) is 12.1. The molecule has 0 aromatic carbocycles. The molecular weight excluding hydrogens is 440 g/mol. The first-order valence-corrected chi connectivity index (χ1v) is 13.4. The lowest BCUT2D eigenvalue weighted by molar-refractivity contribution is -0.115. The third kappa shape index (κ3) is 7.61. The van der Waals surface area contributed by atoms with Crippen molar-refractivity contribution in [3.8, 4) is 0 Å². The van der Waals surface area contributed by atoms with Gasteiger partial charge in [-0.3, -0.25) is 4.79 Å². The third-order valence-electron chi connectivity index (χ3n) is 8.76. The molecule has 3 N–H and O–H groups in total. The molecule has 200 valence electrons. The topological polar surface area (TPSA) is 90.3 Å². The summed E-state index contributed by atoms with van der Waals surface area (Å²) < 4.78 is 5.55. The molecule has 1 saturated heterocycles. The van der Waals surface area contributed by atoms with Gasteiger partial charge in [0.2, 0.25) is 0 Å². The molecule has 2 fully saturated rings. The second-order valence-corrected chi connectivity index (χ2v) is 12.0. The predicted molar refractivity (Wildman–Crippen MR) is 142 cm³/mol. The van der Waals surface area contributed by atoms with E-state index in [4.69, 9.17) is 4.74 Å². The number of rotatable bonds is 13. The van der Waals surface area contributed by atoms with E-state index < -0.39 is 11.7 Å². The van der Waals surface area contributed by atoms with Gasteiger partial charge in [0.05, 0.1) is 17.3 Å². The van der Waals surface area contributed by atoms with Crippen LogP contribution < -0.4 is 0 Å². The van der Waals surface area contributed by atoms with Crippen LogP contribution in [0.25, 0.3) is 0 Å². The Morgan fingerprint density at radius 3 is 2.31 bits per heavy atom. The van der Waals surface area contributed by atoms with Crippen molar-refractivity contribution in [2.45, 2.75) is 130 Å². The van der Waals surface area contributed by atoms with E-state index in [0.717, 1.165) is 56.0 Å². The van der Waals surface area contributed by atoms with Gasteiger partial charge in [-0.1, -0.05) is 35.8 Å². The average Bonchev–Trinajstić information content (AvgIpc) is 3.42. The van der Waals surface area contributed by atoms with E-state index in [2.05, 4.69) is 32.9 Å². The van der Waals surface area contributed by atoms with Gasteiger partial charge in [-0.2, -0.15) is 0 Å². The van der Waals surface area contributed by atoms with E-state index in [1.54, 1.807) is 0 Å². The molecule has 2 rings (SSSR count). The molecule has 1 heterocycles. The largest absolute Gasteiger partial charge is 0.396 e. The van der Waals surface area contributed by atoms with Gasteiger partial charge < -0.3 is 20.1 Å². The average molecular weight is 491 g/mol. The number of allylic oxidation sites excluding steroid dienone is 5. The summed E-state index contributed by atoms with van der Waals surface area (Å²) in [6.45, 7) is 14.4. The lowest BCUT2D eigenvalue weighted by atomic mass is 9.54. The molecule has 0 aromatic rings. The number of hydrogen-bond acceptors (Lipinski definition) is 5. The minimum atomic E-state index is -0.817. The van der Waals surface area contributed by atoms with Gasteiger partial charge in [0, 0.05) is 12.0 Å². The van der Waals surface area contributed by atoms with Gasteiger partial charge in [0.25, 0.3) is 0 Å². The van der Waals surface area contributed by atoms with Gasteiger partial charge in [0.1, 0.15) is 12.4 Å². The van der Waals surface area contributed by atoms with Crippen molar-refractivity contribution in [2.75, 3.05) is 6.61 Å². The first-order chi connectivity index (χ1) is 16.3. The molecule has 1 aliphatic carbocycles.